The van der Waals surface area contributed by atoms with Crippen molar-refractivity contribution >= 4 is 40.0 Å². The van der Waals surface area contributed by atoms with Crippen molar-refractivity contribution in [2.75, 3.05) is 40.0 Å². The van der Waals surface area contributed by atoms with Gasteiger partial charge < -0.3 is 127 Å². The highest BCUT2D eigenvalue weighted by Crippen LogP contribution is 2.54. The van der Waals surface area contributed by atoms with Gasteiger partial charge in [-0.2, -0.15) is 0 Å². The number of esters is 1. The molecule has 29 nitrogen and oxygen atoms in total. The quantitative estimate of drug-likeness (QED) is 0.110. The number of aliphatic hydroxyl groups excluding tert-OH is 9. The number of carbonyl (C=O) groups excluding carboxylic acids is 3. The van der Waals surface area contributed by atoms with Crippen molar-refractivity contribution in [2.45, 2.75) is 192 Å². The minimum atomic E-state index is -2.02. The largest absolute Gasteiger partial charge is 0.507 e. The molecule has 0 aromatic heterocycles. The standard InChI is InChI=1S/C43H58N2O13.C17H34N4O10/c1-12-45(13-2)31(47)20-55-30-19-28-38(51)33-32(30)34-40(26(8)37(33)50)58-43(10,41(34)52)56-18-17-29(54-11)23(5)39(57-27(9)46)25(7)36(49)24(6)35(48)21(3)15-14-16-22(4)42(53)44-28;18-2-6-10(24)12(26)8(21)16(28-6)30-14-5(20)1-4(19)9(23)15(14)31-17-13(27)11(25)7(3-22)29-17/h14-19,21,23-25,29,35-36,39,48-51H,12-13,20H2,1-11H3,(H,44,53);4-17,22-27H,1-3,18-21H2/b15-14-,18-17-,22-16-;/t21-,23+,24+,25+,29-,35-,36+,39+,43-;4-,5+,6-,7-,8-,9+,10-,11-,12-,13-,14-,15-,16-,17+/m01/s1. The highest BCUT2D eigenvalue weighted by molar-refractivity contribution is 6.21. The van der Waals surface area contributed by atoms with E-state index < -0.39 is 182 Å². The van der Waals surface area contributed by atoms with Gasteiger partial charge in [0, 0.05) is 98.9 Å². The lowest BCUT2D eigenvalue weighted by molar-refractivity contribution is -0.306. The summed E-state index contributed by atoms with van der Waals surface area (Å²) in [4.78, 5) is 45.7. The number of likely N-dealkylation sites (N-methyl/N-ethyl adjacent to an activating group) is 1. The van der Waals surface area contributed by atoms with E-state index in [-0.39, 0.29) is 63.5 Å². The predicted octanol–water partition coefficient (Wildman–Crippen LogP) is -0.707. The van der Waals surface area contributed by atoms with E-state index in [1.165, 1.54) is 52.4 Å². The molecule has 29 heteroatoms. The zero-order valence-electron chi connectivity index (χ0n) is 51.9. The Kier molecular flexibility index (Phi) is 24.9. The van der Waals surface area contributed by atoms with Crippen LogP contribution >= 0.6 is 0 Å². The van der Waals surface area contributed by atoms with Crippen LogP contribution in [-0.2, 0) is 42.7 Å². The number of aliphatic imine (C=N–C) groups is 1. The number of allylic oxidation sites excluding steroid dienone is 2. The van der Waals surface area contributed by atoms with Crippen molar-refractivity contribution in [3.8, 4) is 23.0 Å². The molecule has 5 bridgehead atoms. The average Bonchev–Trinajstić information content (AvgIpc) is 1.65. The first kappa shape index (κ1) is 72.4. The van der Waals surface area contributed by atoms with Crippen LogP contribution in [0, 0.1) is 30.6 Å². The van der Waals surface area contributed by atoms with Crippen LogP contribution in [0.25, 0.3) is 10.8 Å². The lowest BCUT2D eigenvalue weighted by atomic mass is 9.78. The topological polar surface area (TPSA) is 476 Å². The molecule has 5 heterocycles. The van der Waals surface area contributed by atoms with Crippen LogP contribution in [0.4, 0.5) is 5.69 Å². The maximum atomic E-state index is 14.4. The van der Waals surface area contributed by atoms with Crippen LogP contribution in [0.3, 0.4) is 0 Å². The molecule has 1 aliphatic carbocycles. The molecular weight excluding hydrogens is 1170 g/mol. The van der Waals surface area contributed by atoms with Crippen LogP contribution in [-0.4, -0.2) is 240 Å². The zero-order chi connectivity index (χ0) is 66.4. The number of hydrogen-bond acceptors (Lipinski definition) is 27. The molecule has 1 saturated carbocycles. The lowest BCUT2D eigenvalue weighted by Crippen LogP contribution is -2.68. The Bertz CT molecular complexity index is 2910. The second kappa shape index (κ2) is 30.6. The summed E-state index contributed by atoms with van der Waals surface area (Å²) in [5, 5.41) is 117. The summed E-state index contributed by atoms with van der Waals surface area (Å²) in [6.07, 6.45) is -10.1. The van der Waals surface area contributed by atoms with Gasteiger partial charge >= 0.3 is 11.8 Å². The Morgan fingerprint density at radius 3 is 2.00 bits per heavy atom. The summed E-state index contributed by atoms with van der Waals surface area (Å²) in [6.45, 7) is 15.9. The van der Waals surface area contributed by atoms with Gasteiger partial charge in [0.2, 0.25) is 5.90 Å². The van der Waals surface area contributed by atoms with E-state index in [2.05, 4.69) is 4.99 Å². The third kappa shape index (κ3) is 15.5. The first-order chi connectivity index (χ1) is 41.8. The van der Waals surface area contributed by atoms with Gasteiger partial charge in [-0.15, -0.1) is 0 Å². The van der Waals surface area contributed by atoms with Crippen molar-refractivity contribution < 1.29 is 113 Å². The van der Waals surface area contributed by atoms with Crippen molar-refractivity contribution in [1.82, 2.24) is 4.90 Å². The summed E-state index contributed by atoms with van der Waals surface area (Å²) in [6, 6.07) is -1.47. The number of benzene rings is 2. The Hall–Kier alpha value is -5.68. The molecular formula is C60H92N6O23. The number of nitrogens with zero attached hydrogens (tertiary/aromatic N) is 2. The first-order valence-corrected chi connectivity index (χ1v) is 29.7. The molecule has 6 aliphatic rings. The number of ether oxygens (including phenoxy) is 9. The van der Waals surface area contributed by atoms with E-state index >= 15 is 0 Å². The van der Waals surface area contributed by atoms with Gasteiger partial charge in [0.05, 0.1) is 54.3 Å². The summed E-state index contributed by atoms with van der Waals surface area (Å²) in [5.41, 5.74) is 23.6. The number of aliphatic hydroxyl groups is 9. The van der Waals surface area contributed by atoms with E-state index in [1.54, 1.807) is 51.7 Å². The molecule has 2 aromatic rings. The van der Waals surface area contributed by atoms with Crippen LogP contribution < -0.4 is 32.4 Å². The van der Waals surface area contributed by atoms with Crippen LogP contribution in [0.1, 0.15) is 84.7 Å². The summed E-state index contributed by atoms with van der Waals surface area (Å²) >= 11 is 0. The van der Waals surface area contributed by atoms with Gasteiger partial charge in [0.25, 0.3) is 11.7 Å². The number of rotatable bonds is 13. The SMILES string of the molecule is CCN(CC)C(=O)COc1cc2c(O)c3c(O)c(C)c4c(c13)C(=O)[C@@](C)(O/C=C\[C@H](OC)[C@@H](C)[C@@H](OC(C)=O)[C@H](C)[C@H](O)[C@H](C)[C@@H](O)[C@@H](C)/C=C\C=C(\C)C(O)=N2)O4.NC[C@H]1O[C@H](O[C@H]2[C@H](O[C@@H]3O[C@H](CO)[C@@H](O)[C@H]3O)[C@@H](O)[C@H](N)C[C@@H]2N)[C@H](N)[C@@H](O)[C@@H]1O. The molecule has 0 spiro atoms. The average molecular weight is 1270 g/mol. The van der Waals surface area contributed by atoms with Crippen molar-refractivity contribution in [3.63, 3.8) is 0 Å². The van der Waals surface area contributed by atoms with Crippen LogP contribution in [0.15, 0.2) is 47.2 Å². The van der Waals surface area contributed by atoms with E-state index in [9.17, 15) is 70.6 Å². The molecule has 2 saturated heterocycles. The minimum absolute atomic E-state index is 0.0552. The number of amides is 1. The maximum Gasteiger partial charge on any atom is 0.312 e. The fourth-order valence-electron chi connectivity index (χ4n) is 11.7. The molecule has 8 rings (SSSR count). The molecule has 0 radical (unpaired) electrons. The number of nitrogens with two attached hydrogens (primary N) is 4. The second-order valence-electron chi connectivity index (χ2n) is 23.5. The molecule has 3 fully saturated rings. The molecule has 2 aromatic carbocycles. The molecule has 19 N–H and O–H groups in total. The zero-order valence-corrected chi connectivity index (χ0v) is 51.9. The smallest absolute Gasteiger partial charge is 0.312 e. The fourth-order valence-corrected chi connectivity index (χ4v) is 11.7. The molecule has 89 heavy (non-hydrogen) atoms. The Morgan fingerprint density at radius 1 is 0.775 bits per heavy atom. The van der Waals surface area contributed by atoms with Crippen molar-refractivity contribution in [3.05, 3.63) is 53.3 Å². The van der Waals surface area contributed by atoms with Crippen molar-refractivity contribution in [1.29, 1.82) is 0 Å². The molecule has 23 atom stereocenters. The number of Topliss-reactive ketones (excluding diaryl/α,β-unsaturated/α-hetero) is 1. The van der Waals surface area contributed by atoms with Crippen LogP contribution in [0.5, 0.6) is 23.0 Å². The number of aromatic hydroxyl groups is 2. The van der Waals surface area contributed by atoms with Gasteiger partial charge in [0.15, 0.2) is 24.9 Å². The maximum absolute atomic E-state index is 14.4. The highest BCUT2D eigenvalue weighted by atomic mass is 16.7. The van der Waals surface area contributed by atoms with E-state index in [0.717, 1.165) is 0 Å². The van der Waals surface area contributed by atoms with Gasteiger partial charge in [0.1, 0.15) is 77.9 Å². The fraction of sp³-hybridized carbons (Fsp3) is 0.667. The van der Waals surface area contributed by atoms with E-state index in [4.69, 9.17) is 65.6 Å². The van der Waals surface area contributed by atoms with Gasteiger partial charge in [-0.1, -0.05) is 45.9 Å². The lowest BCUT2D eigenvalue weighted by Gasteiger charge is -2.47. The third-order valence-corrected chi connectivity index (χ3v) is 17.4. The number of methoxy groups -OCH3 is 1. The molecule has 500 valence electrons. The minimum Gasteiger partial charge on any atom is -0.507 e. The summed E-state index contributed by atoms with van der Waals surface area (Å²) < 4.78 is 52.1. The monoisotopic (exact) mass is 1260 g/mol. The Morgan fingerprint density at radius 2 is 1.40 bits per heavy atom. The predicted molar refractivity (Wildman–Crippen MR) is 318 cm³/mol. The van der Waals surface area contributed by atoms with E-state index in [1.807, 2.05) is 13.8 Å². The van der Waals surface area contributed by atoms with Gasteiger partial charge in [-0.25, -0.2) is 4.99 Å². The molecule has 0 unspecified atom stereocenters. The second-order valence-corrected chi connectivity index (χ2v) is 23.5. The number of phenols is 2. The summed E-state index contributed by atoms with van der Waals surface area (Å²) in [7, 11) is 1.44. The normalized spacial score (nSPS) is 38.3. The number of hydrogen-bond donors (Lipinski definition) is 15. The van der Waals surface area contributed by atoms with Crippen LogP contribution in [0.2, 0.25) is 0 Å². The molecule has 5 aliphatic heterocycles. The number of ketones is 1. The Labute approximate surface area is 516 Å². The number of phenolic OH excluding ortho intramolecular Hbond substituents is 2. The highest BCUT2D eigenvalue weighted by Gasteiger charge is 2.53. The summed E-state index contributed by atoms with van der Waals surface area (Å²) in [5.74, 6) is -7.87. The first-order valence-electron chi connectivity index (χ1n) is 29.7. The van der Waals surface area contributed by atoms with Crippen molar-refractivity contribution in [2.24, 2.45) is 51.6 Å². The third-order valence-electron chi connectivity index (χ3n) is 17.4. The Balaban J connectivity index is 0.000000341. The number of carbonyl (C=O) groups is 3. The number of fused-ring (bicyclic) bond motifs is 13. The van der Waals surface area contributed by atoms with Gasteiger partial charge in [-0.05, 0) is 40.2 Å². The van der Waals surface area contributed by atoms with Gasteiger partial charge in [-0.3, -0.25) is 14.4 Å². The molecule has 1 amide bonds. The van der Waals surface area contributed by atoms with E-state index in [0.29, 0.717) is 13.1 Å².